The van der Waals surface area contributed by atoms with Crippen molar-refractivity contribution in [3.63, 3.8) is 0 Å². The van der Waals surface area contributed by atoms with E-state index in [4.69, 9.17) is 0 Å². The number of unbranched alkanes of at least 4 members (excludes halogenated alkanes) is 3. The highest BCUT2D eigenvalue weighted by atomic mass is 79.9. The largest absolute Gasteiger partial charge is 0.0744 e. The summed E-state index contributed by atoms with van der Waals surface area (Å²) in [5.74, 6) is 0. The number of hydrogen-bond acceptors (Lipinski definition) is 0. The Morgan fingerprint density at radius 1 is 1.30 bits per heavy atom. The molecule has 0 N–H and O–H groups in total. The molecule has 1 heteroatoms. The van der Waals surface area contributed by atoms with E-state index in [1.165, 1.54) is 30.2 Å². The van der Waals surface area contributed by atoms with Gasteiger partial charge >= 0.3 is 0 Å². The van der Waals surface area contributed by atoms with Crippen molar-refractivity contribution in [2.75, 3.05) is 0 Å². The van der Waals surface area contributed by atoms with Crippen LogP contribution < -0.4 is 0 Å². The molecule has 0 aromatic heterocycles. The molecule has 0 fully saturated rings. The first-order valence-corrected chi connectivity index (χ1v) is 4.95. The van der Waals surface area contributed by atoms with Crippen LogP contribution in [0.5, 0.6) is 0 Å². The van der Waals surface area contributed by atoms with E-state index in [9.17, 15) is 0 Å². The Morgan fingerprint density at radius 3 is 2.50 bits per heavy atom. The second kappa shape index (κ2) is 7.33. The van der Waals surface area contributed by atoms with Crippen molar-refractivity contribution in [2.45, 2.75) is 46.0 Å². The van der Waals surface area contributed by atoms with Crippen LogP contribution in [0.3, 0.4) is 0 Å². The molecule has 0 rings (SSSR count). The van der Waals surface area contributed by atoms with Gasteiger partial charge in [0, 0.05) is 0 Å². The molecule has 60 valence electrons. The number of halogens is 1. The van der Waals surface area contributed by atoms with Gasteiger partial charge in [-0.1, -0.05) is 48.7 Å². The van der Waals surface area contributed by atoms with Crippen molar-refractivity contribution in [2.24, 2.45) is 0 Å². The maximum Gasteiger partial charge on any atom is -0.00920 e. The van der Waals surface area contributed by atoms with E-state index in [1.54, 1.807) is 0 Å². The smallest absolute Gasteiger partial charge is 0.00920 e. The minimum absolute atomic E-state index is 1.13. The molecule has 0 aliphatic heterocycles. The lowest BCUT2D eigenvalue weighted by molar-refractivity contribution is 0.728. The van der Waals surface area contributed by atoms with Gasteiger partial charge in [0.1, 0.15) is 0 Å². The van der Waals surface area contributed by atoms with Gasteiger partial charge in [0.25, 0.3) is 0 Å². The van der Waals surface area contributed by atoms with Crippen LogP contribution in [0.15, 0.2) is 10.6 Å². The highest BCUT2D eigenvalue weighted by Gasteiger charge is 1.85. The van der Waals surface area contributed by atoms with Crippen LogP contribution in [-0.4, -0.2) is 0 Å². The lowest BCUT2D eigenvalue weighted by atomic mass is 10.2. The van der Waals surface area contributed by atoms with E-state index in [-0.39, 0.29) is 0 Å². The summed E-state index contributed by atoms with van der Waals surface area (Å²) >= 11 is 3.49. The summed E-state index contributed by atoms with van der Waals surface area (Å²) in [6, 6.07) is 0. The molecule has 0 spiro atoms. The van der Waals surface area contributed by atoms with Crippen molar-refractivity contribution in [1.29, 1.82) is 0 Å². The third-order valence-electron chi connectivity index (χ3n) is 1.51. The van der Waals surface area contributed by atoms with Crippen molar-refractivity contribution in [3.05, 3.63) is 10.6 Å². The quantitative estimate of drug-likeness (QED) is 0.588. The predicted molar refractivity (Wildman–Crippen MR) is 51.4 cm³/mol. The fourth-order valence-corrected chi connectivity index (χ4v) is 1.03. The molecule has 0 aliphatic rings. The first-order valence-electron chi connectivity index (χ1n) is 4.15. The lowest BCUT2D eigenvalue weighted by Crippen LogP contribution is -1.72. The van der Waals surface area contributed by atoms with Gasteiger partial charge in [-0.25, -0.2) is 0 Å². The monoisotopic (exact) mass is 204 g/mol. The molecule has 10 heavy (non-hydrogen) atoms. The highest BCUT2D eigenvalue weighted by Crippen LogP contribution is 2.11. The Bertz CT molecular complexity index is 94.9. The van der Waals surface area contributed by atoms with E-state index < -0.39 is 0 Å². The molecule has 0 aromatic carbocycles. The third-order valence-corrected chi connectivity index (χ3v) is 2.40. The Balaban J connectivity index is 3.16. The minimum atomic E-state index is 1.13. The standard InChI is InChI=1S/C9H17Br/c1-3-5-6-7-8-9(10)4-2/h8H,3-7H2,1-2H3. The van der Waals surface area contributed by atoms with Crippen LogP contribution in [0.25, 0.3) is 0 Å². The summed E-state index contributed by atoms with van der Waals surface area (Å²) < 4.78 is 1.35. The second-order valence-corrected chi connectivity index (χ2v) is 3.52. The number of rotatable bonds is 5. The molecule has 0 saturated carbocycles. The zero-order valence-corrected chi connectivity index (χ0v) is 8.58. The zero-order chi connectivity index (χ0) is 7.82. The fourth-order valence-electron chi connectivity index (χ4n) is 0.797. The van der Waals surface area contributed by atoms with Crippen LogP contribution in [0.2, 0.25) is 0 Å². The van der Waals surface area contributed by atoms with Crippen LogP contribution in [0.4, 0.5) is 0 Å². The van der Waals surface area contributed by atoms with Crippen molar-refractivity contribution >= 4 is 15.9 Å². The average molecular weight is 205 g/mol. The molecule has 0 aliphatic carbocycles. The second-order valence-electron chi connectivity index (χ2n) is 2.50. The topological polar surface area (TPSA) is 0 Å². The van der Waals surface area contributed by atoms with E-state index in [2.05, 4.69) is 35.9 Å². The third kappa shape index (κ3) is 6.34. The van der Waals surface area contributed by atoms with Crippen LogP contribution >= 0.6 is 15.9 Å². The number of allylic oxidation sites excluding steroid dienone is 2. The highest BCUT2D eigenvalue weighted by molar-refractivity contribution is 9.11. The average Bonchev–Trinajstić information content (AvgIpc) is 1.98. The molecule has 0 radical (unpaired) electrons. The molecule has 0 bridgehead atoms. The normalized spacial score (nSPS) is 12.1. The summed E-state index contributed by atoms with van der Waals surface area (Å²) in [5, 5.41) is 0. The Kier molecular flexibility index (Phi) is 7.49. The van der Waals surface area contributed by atoms with Crippen molar-refractivity contribution in [3.8, 4) is 0 Å². The van der Waals surface area contributed by atoms with Gasteiger partial charge in [-0.2, -0.15) is 0 Å². The summed E-state index contributed by atoms with van der Waals surface area (Å²) in [4.78, 5) is 0. The maximum absolute atomic E-state index is 3.49. The van der Waals surface area contributed by atoms with Gasteiger partial charge in [-0.3, -0.25) is 0 Å². The van der Waals surface area contributed by atoms with E-state index >= 15 is 0 Å². The summed E-state index contributed by atoms with van der Waals surface area (Å²) in [6.45, 7) is 4.40. The van der Waals surface area contributed by atoms with Gasteiger partial charge in [0.05, 0.1) is 0 Å². The van der Waals surface area contributed by atoms with Crippen LogP contribution in [0.1, 0.15) is 46.0 Å². The van der Waals surface area contributed by atoms with Gasteiger partial charge in [-0.15, -0.1) is 0 Å². The Morgan fingerprint density at radius 2 is 2.00 bits per heavy atom. The van der Waals surface area contributed by atoms with Crippen molar-refractivity contribution in [1.82, 2.24) is 0 Å². The molecule has 0 nitrogen and oxygen atoms in total. The van der Waals surface area contributed by atoms with Gasteiger partial charge < -0.3 is 0 Å². The number of hydrogen-bond donors (Lipinski definition) is 0. The SMILES string of the molecule is CCCCCC=C(Br)CC. The fraction of sp³-hybridized carbons (Fsp3) is 0.778. The predicted octanol–water partition coefficient (Wildman–Crippen LogP) is 4.26. The molecule has 0 heterocycles. The maximum atomic E-state index is 3.49. The summed E-state index contributed by atoms with van der Waals surface area (Å²) in [7, 11) is 0. The molecule has 0 atom stereocenters. The molecular formula is C9H17Br. The van der Waals surface area contributed by atoms with E-state index in [0.29, 0.717) is 0 Å². The first-order chi connectivity index (χ1) is 4.81. The summed E-state index contributed by atoms with van der Waals surface area (Å²) in [5.41, 5.74) is 0. The minimum Gasteiger partial charge on any atom is -0.0744 e. The zero-order valence-electron chi connectivity index (χ0n) is 6.99. The van der Waals surface area contributed by atoms with E-state index in [0.717, 1.165) is 6.42 Å². The van der Waals surface area contributed by atoms with E-state index in [1.807, 2.05) is 0 Å². The summed E-state index contributed by atoms with van der Waals surface area (Å²) in [6.07, 6.45) is 8.67. The Labute approximate surface area is 72.8 Å². The van der Waals surface area contributed by atoms with Crippen LogP contribution in [-0.2, 0) is 0 Å². The molecule has 0 aromatic rings. The van der Waals surface area contributed by atoms with Gasteiger partial charge in [0.2, 0.25) is 0 Å². The Hall–Kier alpha value is 0.220. The van der Waals surface area contributed by atoms with Gasteiger partial charge in [-0.05, 0) is 23.7 Å². The van der Waals surface area contributed by atoms with Crippen molar-refractivity contribution < 1.29 is 0 Å². The van der Waals surface area contributed by atoms with Gasteiger partial charge in [0.15, 0.2) is 0 Å². The molecular weight excluding hydrogens is 188 g/mol. The molecule has 0 unspecified atom stereocenters. The lowest BCUT2D eigenvalue weighted by Gasteiger charge is -1.93. The molecule has 0 amide bonds. The molecule has 0 saturated heterocycles. The van der Waals surface area contributed by atoms with Crippen LogP contribution in [0, 0.1) is 0 Å². The first kappa shape index (κ1) is 10.2.